The summed E-state index contributed by atoms with van der Waals surface area (Å²) in [7, 11) is 0. The number of allylic oxidation sites excluding steroid dienone is 7. The van der Waals surface area contributed by atoms with E-state index in [1.807, 2.05) is 26.0 Å². The summed E-state index contributed by atoms with van der Waals surface area (Å²) in [6, 6.07) is 0. The number of nitrogens with one attached hydrogen (secondary N) is 1. The molecule has 0 aromatic heterocycles. The molecule has 2 aliphatic carbocycles. The van der Waals surface area contributed by atoms with Gasteiger partial charge in [-0.1, -0.05) is 32.1 Å². The van der Waals surface area contributed by atoms with Crippen LogP contribution in [0.1, 0.15) is 26.7 Å². The first-order valence-electron chi connectivity index (χ1n) is 7.67. The first kappa shape index (κ1) is 16.8. The van der Waals surface area contributed by atoms with Crippen LogP contribution >= 0.6 is 0 Å². The highest BCUT2D eigenvalue weighted by Crippen LogP contribution is 2.23. The number of nitrogens with two attached hydrogens (primary N) is 1. The van der Waals surface area contributed by atoms with Gasteiger partial charge in [0.2, 0.25) is 5.91 Å². The molecule has 0 heterocycles. The number of carboxylic acid groups (broad SMARTS) is 1. The van der Waals surface area contributed by atoms with Crippen LogP contribution in [0.3, 0.4) is 0 Å². The standard InChI is InChI=1S/C18H22N2O3/c1-11-4-3-5-13(8-11)15(18(22)23)10-17(21)20-16-7-6-14(19)9-12(16)2/h3,5-8,10-12H,4,9,19H2,1-2H3,(H,20,21)(H,22,23)/b15-10+. The van der Waals surface area contributed by atoms with Crippen molar-refractivity contribution >= 4 is 11.9 Å². The first-order valence-corrected chi connectivity index (χ1v) is 7.67. The van der Waals surface area contributed by atoms with Gasteiger partial charge < -0.3 is 16.2 Å². The molecule has 0 spiro atoms. The van der Waals surface area contributed by atoms with E-state index in [9.17, 15) is 14.7 Å². The Labute approximate surface area is 135 Å². The van der Waals surface area contributed by atoms with Gasteiger partial charge in [-0.25, -0.2) is 4.79 Å². The number of hydrogen-bond acceptors (Lipinski definition) is 3. The third kappa shape index (κ3) is 4.45. The molecule has 2 unspecified atom stereocenters. The number of rotatable bonds is 4. The van der Waals surface area contributed by atoms with E-state index in [0.29, 0.717) is 12.0 Å². The van der Waals surface area contributed by atoms with Crippen LogP contribution in [0.15, 0.2) is 59.0 Å². The van der Waals surface area contributed by atoms with E-state index in [1.165, 1.54) is 0 Å². The van der Waals surface area contributed by atoms with Crippen LogP contribution in [-0.4, -0.2) is 17.0 Å². The zero-order chi connectivity index (χ0) is 17.0. The molecule has 0 radical (unpaired) electrons. The molecule has 1 amide bonds. The van der Waals surface area contributed by atoms with Gasteiger partial charge >= 0.3 is 5.97 Å². The molecule has 2 aliphatic rings. The maximum Gasteiger partial charge on any atom is 0.336 e. The molecule has 4 N–H and O–H groups in total. The van der Waals surface area contributed by atoms with Crippen LogP contribution < -0.4 is 11.1 Å². The van der Waals surface area contributed by atoms with E-state index >= 15 is 0 Å². The van der Waals surface area contributed by atoms with E-state index in [1.54, 1.807) is 18.2 Å². The molecule has 0 saturated heterocycles. The third-order valence-corrected chi connectivity index (χ3v) is 3.90. The number of carbonyl (C=O) groups excluding carboxylic acids is 1. The zero-order valence-electron chi connectivity index (χ0n) is 13.4. The summed E-state index contributed by atoms with van der Waals surface area (Å²) in [6.45, 7) is 3.97. The van der Waals surface area contributed by atoms with Crippen molar-refractivity contribution in [3.05, 3.63) is 59.0 Å². The van der Waals surface area contributed by atoms with Gasteiger partial charge in [0.05, 0.1) is 5.57 Å². The highest BCUT2D eigenvalue weighted by atomic mass is 16.4. The highest BCUT2D eigenvalue weighted by Gasteiger charge is 2.19. The minimum absolute atomic E-state index is 0.00409. The molecule has 0 bridgehead atoms. The quantitative estimate of drug-likeness (QED) is 0.695. The average molecular weight is 314 g/mol. The normalized spacial score (nSPS) is 24.4. The lowest BCUT2D eigenvalue weighted by atomic mass is 9.93. The average Bonchev–Trinajstić information content (AvgIpc) is 2.47. The van der Waals surface area contributed by atoms with Crippen LogP contribution in [0.4, 0.5) is 0 Å². The topological polar surface area (TPSA) is 92.4 Å². The maximum atomic E-state index is 12.2. The Hall–Kier alpha value is -2.56. The molecule has 0 aromatic carbocycles. The van der Waals surface area contributed by atoms with Crippen LogP contribution in [0, 0.1) is 11.8 Å². The van der Waals surface area contributed by atoms with E-state index in [0.717, 1.165) is 23.9 Å². The Balaban J connectivity index is 2.18. The SMILES string of the molecule is CC1C=C(/C(=C\C(=O)NC2=CC=C(N)CC2C)C(=O)O)C=CC1. The first-order chi connectivity index (χ1) is 10.9. The predicted molar refractivity (Wildman–Crippen MR) is 89.0 cm³/mol. The summed E-state index contributed by atoms with van der Waals surface area (Å²) in [5, 5.41) is 12.1. The van der Waals surface area contributed by atoms with Gasteiger partial charge in [0, 0.05) is 23.4 Å². The molecule has 2 rings (SSSR count). The number of carbonyl (C=O) groups is 2. The molecular weight excluding hydrogens is 292 g/mol. The molecule has 2 atom stereocenters. The second kappa shape index (κ2) is 7.13. The largest absolute Gasteiger partial charge is 0.478 e. The van der Waals surface area contributed by atoms with E-state index in [2.05, 4.69) is 5.32 Å². The fourth-order valence-corrected chi connectivity index (χ4v) is 2.65. The van der Waals surface area contributed by atoms with E-state index in [4.69, 9.17) is 5.73 Å². The van der Waals surface area contributed by atoms with Gasteiger partial charge in [-0.05, 0) is 36.5 Å². The zero-order valence-corrected chi connectivity index (χ0v) is 13.4. The van der Waals surface area contributed by atoms with Crippen molar-refractivity contribution in [1.82, 2.24) is 5.32 Å². The molecule has 0 fully saturated rings. The minimum atomic E-state index is -1.11. The monoisotopic (exact) mass is 314 g/mol. The fraction of sp³-hybridized carbons (Fsp3) is 0.333. The fourth-order valence-electron chi connectivity index (χ4n) is 2.65. The van der Waals surface area contributed by atoms with E-state index in [-0.39, 0.29) is 17.4 Å². The second-order valence-corrected chi connectivity index (χ2v) is 6.06. The highest BCUT2D eigenvalue weighted by molar-refractivity contribution is 6.02. The van der Waals surface area contributed by atoms with Gasteiger partial charge in [0.1, 0.15) is 0 Å². The predicted octanol–water partition coefficient (Wildman–Crippen LogP) is 2.40. The van der Waals surface area contributed by atoms with Crippen molar-refractivity contribution in [2.75, 3.05) is 0 Å². The molecule has 0 saturated carbocycles. The van der Waals surface area contributed by atoms with Gasteiger partial charge in [-0.3, -0.25) is 4.79 Å². The number of aliphatic carboxylic acids is 1. The number of amides is 1. The van der Waals surface area contributed by atoms with Crippen LogP contribution in [0.25, 0.3) is 0 Å². The van der Waals surface area contributed by atoms with Crippen LogP contribution in [-0.2, 0) is 9.59 Å². The van der Waals surface area contributed by atoms with Gasteiger partial charge in [0.25, 0.3) is 0 Å². The Bertz CT molecular complexity index is 666. The second-order valence-electron chi connectivity index (χ2n) is 6.06. The molecule has 0 aromatic rings. The summed E-state index contributed by atoms with van der Waals surface area (Å²) in [4.78, 5) is 23.7. The molecule has 23 heavy (non-hydrogen) atoms. The van der Waals surface area contributed by atoms with Crippen molar-refractivity contribution in [1.29, 1.82) is 0 Å². The van der Waals surface area contributed by atoms with Crippen molar-refractivity contribution in [2.24, 2.45) is 17.6 Å². The summed E-state index contributed by atoms with van der Waals surface area (Å²) in [6.07, 6.45) is 11.8. The Morgan fingerprint density at radius 3 is 2.70 bits per heavy atom. The Morgan fingerprint density at radius 2 is 2.09 bits per heavy atom. The Kier molecular flexibility index (Phi) is 5.21. The third-order valence-electron chi connectivity index (χ3n) is 3.90. The van der Waals surface area contributed by atoms with Crippen molar-refractivity contribution in [2.45, 2.75) is 26.7 Å². The van der Waals surface area contributed by atoms with Crippen LogP contribution in [0.2, 0.25) is 0 Å². The van der Waals surface area contributed by atoms with Gasteiger partial charge in [0.15, 0.2) is 0 Å². The van der Waals surface area contributed by atoms with Gasteiger partial charge in [-0.2, -0.15) is 0 Å². The maximum absolute atomic E-state index is 12.2. The van der Waals surface area contributed by atoms with Crippen LogP contribution in [0.5, 0.6) is 0 Å². The van der Waals surface area contributed by atoms with Crippen molar-refractivity contribution in [3.8, 4) is 0 Å². The molecule has 5 nitrogen and oxygen atoms in total. The molecular formula is C18H22N2O3. The molecule has 0 aliphatic heterocycles. The summed E-state index contributed by atoms with van der Waals surface area (Å²) < 4.78 is 0. The van der Waals surface area contributed by atoms with Crippen molar-refractivity contribution in [3.63, 3.8) is 0 Å². The lowest BCUT2D eigenvalue weighted by Crippen LogP contribution is -2.27. The molecule has 5 heteroatoms. The summed E-state index contributed by atoms with van der Waals surface area (Å²) in [5.74, 6) is -1.20. The lowest BCUT2D eigenvalue weighted by molar-refractivity contribution is -0.132. The van der Waals surface area contributed by atoms with Crippen molar-refractivity contribution < 1.29 is 14.7 Å². The summed E-state index contributed by atoms with van der Waals surface area (Å²) in [5.41, 5.74) is 7.83. The molecule has 122 valence electrons. The van der Waals surface area contributed by atoms with Gasteiger partial charge in [-0.15, -0.1) is 0 Å². The lowest BCUT2D eigenvalue weighted by Gasteiger charge is -2.20. The number of hydrogen-bond donors (Lipinski definition) is 3. The number of carboxylic acids is 1. The summed E-state index contributed by atoms with van der Waals surface area (Å²) >= 11 is 0. The Morgan fingerprint density at radius 1 is 1.35 bits per heavy atom. The van der Waals surface area contributed by atoms with E-state index < -0.39 is 11.9 Å². The minimum Gasteiger partial charge on any atom is -0.478 e. The smallest absolute Gasteiger partial charge is 0.336 e.